The van der Waals surface area contributed by atoms with E-state index in [1.165, 1.54) is 24.1 Å². The number of rotatable bonds is 3. The first-order chi connectivity index (χ1) is 13.9. The fraction of sp³-hybridized carbons (Fsp3) is 0.333. The molecule has 1 aromatic heterocycles. The summed E-state index contributed by atoms with van der Waals surface area (Å²) in [7, 11) is 1.41. The second-order valence-electron chi connectivity index (χ2n) is 6.68. The van der Waals surface area contributed by atoms with Gasteiger partial charge in [0, 0.05) is 25.7 Å². The number of likely N-dealkylation sites (tertiary alicyclic amines) is 1. The van der Waals surface area contributed by atoms with Gasteiger partial charge in [-0.05, 0) is 23.8 Å². The summed E-state index contributed by atoms with van der Waals surface area (Å²) in [6, 6.07) is 4.63. The third-order valence-corrected chi connectivity index (χ3v) is 4.64. The van der Waals surface area contributed by atoms with Crippen LogP contribution in [-0.4, -0.2) is 40.3 Å². The molecule has 0 bridgehead atoms. The maximum absolute atomic E-state index is 12.8. The molecule has 1 N–H and O–H groups in total. The first kappa shape index (κ1) is 21.5. The van der Waals surface area contributed by atoms with E-state index in [0.717, 1.165) is 18.3 Å². The van der Waals surface area contributed by atoms with E-state index < -0.39 is 53.2 Å². The SMILES string of the molecule is CN1C[C@@H](c2ccc(C(F)(F)F)cc2)[C@H](C(=O)Nc2nccc(C(F)(F)F)n2)C1=O. The first-order valence-electron chi connectivity index (χ1n) is 8.51. The van der Waals surface area contributed by atoms with Crippen LogP contribution in [0.15, 0.2) is 36.5 Å². The van der Waals surface area contributed by atoms with Crippen LogP contribution in [0.4, 0.5) is 32.3 Å². The van der Waals surface area contributed by atoms with Crippen LogP contribution in [0.5, 0.6) is 0 Å². The van der Waals surface area contributed by atoms with Crippen molar-refractivity contribution in [3.8, 4) is 0 Å². The van der Waals surface area contributed by atoms with Crippen LogP contribution in [0, 0.1) is 5.92 Å². The monoisotopic (exact) mass is 432 g/mol. The average molecular weight is 432 g/mol. The lowest BCUT2D eigenvalue weighted by atomic mass is 9.87. The van der Waals surface area contributed by atoms with Gasteiger partial charge < -0.3 is 4.90 Å². The zero-order valence-corrected chi connectivity index (χ0v) is 15.3. The number of nitrogens with zero attached hydrogens (tertiary/aromatic N) is 3. The zero-order valence-electron chi connectivity index (χ0n) is 15.3. The Hall–Kier alpha value is -3.18. The molecule has 1 saturated heterocycles. The Balaban J connectivity index is 1.85. The number of anilines is 1. The summed E-state index contributed by atoms with van der Waals surface area (Å²) in [5.41, 5.74) is -1.85. The molecule has 1 aliphatic heterocycles. The molecule has 1 aromatic carbocycles. The highest BCUT2D eigenvalue weighted by atomic mass is 19.4. The van der Waals surface area contributed by atoms with Gasteiger partial charge in [-0.25, -0.2) is 9.97 Å². The molecular weight excluding hydrogens is 418 g/mol. The zero-order chi connectivity index (χ0) is 22.3. The van der Waals surface area contributed by atoms with E-state index in [-0.39, 0.29) is 6.54 Å². The Bertz CT molecular complexity index is 958. The highest BCUT2D eigenvalue weighted by Gasteiger charge is 2.45. The van der Waals surface area contributed by atoms with E-state index in [0.29, 0.717) is 11.6 Å². The predicted octanol–water partition coefficient (Wildman–Crippen LogP) is 3.32. The van der Waals surface area contributed by atoms with E-state index in [1.807, 2.05) is 0 Å². The largest absolute Gasteiger partial charge is 0.433 e. The Morgan fingerprint density at radius 1 is 1.07 bits per heavy atom. The van der Waals surface area contributed by atoms with Crippen molar-refractivity contribution >= 4 is 17.8 Å². The van der Waals surface area contributed by atoms with Gasteiger partial charge in [-0.1, -0.05) is 12.1 Å². The van der Waals surface area contributed by atoms with Gasteiger partial charge >= 0.3 is 12.4 Å². The molecule has 0 aliphatic carbocycles. The Labute approximate surface area is 165 Å². The second-order valence-corrected chi connectivity index (χ2v) is 6.68. The molecule has 2 atom stereocenters. The van der Waals surface area contributed by atoms with Gasteiger partial charge in [0.05, 0.1) is 5.56 Å². The van der Waals surface area contributed by atoms with Gasteiger partial charge in [0.15, 0.2) is 0 Å². The number of hydrogen-bond acceptors (Lipinski definition) is 4. The van der Waals surface area contributed by atoms with Crippen molar-refractivity contribution in [2.45, 2.75) is 18.3 Å². The van der Waals surface area contributed by atoms with Crippen LogP contribution in [0.2, 0.25) is 0 Å². The Kier molecular flexibility index (Phi) is 5.44. The molecule has 0 saturated carbocycles. The molecule has 1 fully saturated rings. The summed E-state index contributed by atoms with van der Waals surface area (Å²) < 4.78 is 76.6. The predicted molar refractivity (Wildman–Crippen MR) is 91.0 cm³/mol. The number of carbonyl (C=O) groups is 2. The van der Waals surface area contributed by atoms with Crippen molar-refractivity contribution in [2.75, 3.05) is 18.9 Å². The first-order valence-corrected chi connectivity index (χ1v) is 8.51. The number of alkyl halides is 6. The quantitative estimate of drug-likeness (QED) is 0.597. The molecule has 0 unspecified atom stereocenters. The number of benzene rings is 1. The number of amides is 2. The molecule has 0 radical (unpaired) electrons. The van der Waals surface area contributed by atoms with E-state index in [4.69, 9.17) is 0 Å². The van der Waals surface area contributed by atoms with Crippen molar-refractivity contribution in [1.29, 1.82) is 0 Å². The topological polar surface area (TPSA) is 75.2 Å². The van der Waals surface area contributed by atoms with Crippen molar-refractivity contribution in [1.82, 2.24) is 14.9 Å². The molecule has 0 spiro atoms. The average Bonchev–Trinajstić information content (AvgIpc) is 2.95. The van der Waals surface area contributed by atoms with E-state index >= 15 is 0 Å². The third-order valence-electron chi connectivity index (χ3n) is 4.64. The Morgan fingerprint density at radius 2 is 1.70 bits per heavy atom. The number of hydrogen-bond donors (Lipinski definition) is 1. The summed E-state index contributed by atoms with van der Waals surface area (Å²) in [5, 5.41) is 2.09. The number of halogens is 6. The van der Waals surface area contributed by atoms with Crippen molar-refractivity contribution < 1.29 is 35.9 Å². The van der Waals surface area contributed by atoms with Crippen LogP contribution >= 0.6 is 0 Å². The molecule has 12 heteroatoms. The molecule has 160 valence electrons. The maximum atomic E-state index is 12.8. The number of carbonyl (C=O) groups excluding carboxylic acids is 2. The summed E-state index contributed by atoms with van der Waals surface area (Å²) in [4.78, 5) is 33.1. The van der Waals surface area contributed by atoms with Gasteiger partial charge in [0.2, 0.25) is 17.8 Å². The van der Waals surface area contributed by atoms with Crippen molar-refractivity contribution in [3.63, 3.8) is 0 Å². The number of likely N-dealkylation sites (N-methyl/N-ethyl adjacent to an activating group) is 1. The molecule has 1 aliphatic rings. The van der Waals surface area contributed by atoms with Crippen LogP contribution in [0.3, 0.4) is 0 Å². The lowest BCUT2D eigenvalue weighted by molar-refractivity contribution is -0.141. The van der Waals surface area contributed by atoms with Gasteiger partial charge in [-0.2, -0.15) is 26.3 Å². The van der Waals surface area contributed by atoms with Gasteiger partial charge in [0.1, 0.15) is 11.6 Å². The van der Waals surface area contributed by atoms with E-state index in [2.05, 4.69) is 15.3 Å². The van der Waals surface area contributed by atoms with Crippen molar-refractivity contribution in [3.05, 3.63) is 53.3 Å². The highest BCUT2D eigenvalue weighted by Crippen LogP contribution is 2.36. The van der Waals surface area contributed by atoms with Gasteiger partial charge in [0.25, 0.3) is 0 Å². The van der Waals surface area contributed by atoms with Crippen LogP contribution < -0.4 is 5.32 Å². The molecule has 2 heterocycles. The minimum absolute atomic E-state index is 0.0474. The third kappa shape index (κ3) is 4.36. The summed E-state index contributed by atoms with van der Waals surface area (Å²) in [5.74, 6) is -4.36. The summed E-state index contributed by atoms with van der Waals surface area (Å²) >= 11 is 0. The summed E-state index contributed by atoms with van der Waals surface area (Å²) in [6.45, 7) is 0.0474. The minimum atomic E-state index is -4.76. The van der Waals surface area contributed by atoms with Crippen LogP contribution in [0.25, 0.3) is 0 Å². The lowest BCUT2D eigenvalue weighted by Crippen LogP contribution is -2.33. The molecule has 6 nitrogen and oxygen atoms in total. The second kappa shape index (κ2) is 7.58. The number of nitrogens with one attached hydrogen (secondary N) is 1. The molecule has 2 amide bonds. The summed E-state index contributed by atoms with van der Waals surface area (Å²) in [6.07, 6.45) is -8.49. The van der Waals surface area contributed by atoms with Gasteiger partial charge in [-0.3, -0.25) is 14.9 Å². The maximum Gasteiger partial charge on any atom is 0.433 e. The van der Waals surface area contributed by atoms with Crippen LogP contribution in [0.1, 0.15) is 22.7 Å². The van der Waals surface area contributed by atoms with Crippen molar-refractivity contribution in [2.24, 2.45) is 5.92 Å². The molecule has 2 aromatic rings. The van der Waals surface area contributed by atoms with Crippen LogP contribution in [-0.2, 0) is 21.9 Å². The fourth-order valence-electron chi connectivity index (χ4n) is 3.18. The van der Waals surface area contributed by atoms with E-state index in [9.17, 15) is 35.9 Å². The van der Waals surface area contributed by atoms with E-state index in [1.54, 1.807) is 0 Å². The standard InChI is InChI=1S/C18H14F6N4O2/c1-28-8-11(9-2-4-10(5-3-9)17(19,20)21)13(15(28)30)14(29)27-16-25-7-6-12(26-16)18(22,23)24/h2-7,11,13H,8H2,1H3,(H,25,26,27,29)/t11-,13+/m0/s1. The number of aromatic nitrogens is 2. The molecular formula is C18H14F6N4O2. The fourth-order valence-corrected chi connectivity index (χ4v) is 3.18. The van der Waals surface area contributed by atoms with Gasteiger partial charge in [-0.15, -0.1) is 0 Å². The highest BCUT2D eigenvalue weighted by molar-refractivity contribution is 6.07. The normalized spacial score (nSPS) is 19.8. The smallest absolute Gasteiger partial charge is 0.344 e. The Morgan fingerprint density at radius 3 is 2.27 bits per heavy atom. The lowest BCUT2D eigenvalue weighted by Gasteiger charge is -2.17. The minimum Gasteiger partial charge on any atom is -0.344 e. The molecule has 3 rings (SSSR count). The molecule has 30 heavy (non-hydrogen) atoms.